The van der Waals surface area contributed by atoms with Crippen molar-refractivity contribution in [2.75, 3.05) is 6.79 Å². The number of carboxylic acid groups (broad SMARTS) is 1. The van der Waals surface area contributed by atoms with E-state index in [1.54, 1.807) is 4.90 Å². The first-order valence-electron chi connectivity index (χ1n) is 15.1. The molecular weight excluding hydrogens is 607 g/mol. The third-order valence-corrected chi connectivity index (χ3v) is 8.30. The van der Waals surface area contributed by atoms with Crippen molar-refractivity contribution in [1.82, 2.24) is 9.88 Å². The number of aliphatic hydroxyl groups excluding tert-OH is 1. The topological polar surface area (TPSA) is 125 Å². The SMILES string of the molecule is C/C(CC(=O)[O-])=C(/O)C(=O)N(Cc1ccc2ccccc2c1)C(C)[C@H](C/C=C/c1nc2ccccc2o1)c1ccc2c(c1)OCO2.[Na+]. The van der Waals surface area contributed by atoms with Gasteiger partial charge in [-0.2, -0.15) is 0 Å². The molecule has 4 aromatic carbocycles. The summed E-state index contributed by atoms with van der Waals surface area (Å²) in [6, 6.07) is 26.6. The number of para-hydroxylation sites is 2. The second-order valence-corrected chi connectivity index (χ2v) is 11.4. The molecule has 2 atom stereocenters. The number of nitrogens with zero attached hydrogens (tertiary/aromatic N) is 2. The molecule has 0 saturated carbocycles. The fourth-order valence-corrected chi connectivity index (χ4v) is 5.80. The standard InChI is InChI=1S/C37H34N2O7.Na/c1-23(18-35(40)41)36(42)37(43)39(21-25-14-15-26-8-3-4-9-27(26)19-25)24(2)29(28-16-17-32-33(20-28)45-22-44-32)10-7-13-34-38-30-11-5-6-12-31(30)46-34;/h3-9,11-17,19-20,24,29,42H,10,18,21-22H2,1-2H3,(H,40,41);/q;+1/p-1/b13-7+,36-23-;/t24?,29-;/m0./s1. The van der Waals surface area contributed by atoms with Gasteiger partial charge >= 0.3 is 29.6 Å². The van der Waals surface area contributed by atoms with E-state index in [-0.39, 0.29) is 54.4 Å². The minimum absolute atomic E-state index is 0. The van der Waals surface area contributed by atoms with Crippen LogP contribution in [0.2, 0.25) is 0 Å². The Morgan fingerprint density at radius 2 is 1.72 bits per heavy atom. The number of benzene rings is 4. The molecule has 2 heterocycles. The molecule has 5 aromatic rings. The van der Waals surface area contributed by atoms with Gasteiger partial charge in [0.2, 0.25) is 12.7 Å². The van der Waals surface area contributed by atoms with Gasteiger partial charge in [-0.15, -0.1) is 0 Å². The number of carbonyl (C=O) groups is 2. The molecule has 10 heteroatoms. The molecular formula is C37H33N2NaO7. The van der Waals surface area contributed by atoms with Gasteiger partial charge in [-0.25, -0.2) is 4.98 Å². The van der Waals surface area contributed by atoms with Crippen LogP contribution < -0.4 is 44.1 Å². The Morgan fingerprint density at radius 3 is 2.51 bits per heavy atom. The van der Waals surface area contributed by atoms with E-state index >= 15 is 0 Å². The molecule has 47 heavy (non-hydrogen) atoms. The Balaban J connectivity index is 0.00000433. The van der Waals surface area contributed by atoms with E-state index in [1.165, 1.54) is 6.92 Å². The number of aliphatic carboxylic acids is 1. The summed E-state index contributed by atoms with van der Waals surface area (Å²) >= 11 is 0. The van der Waals surface area contributed by atoms with Crippen molar-refractivity contribution in [2.24, 2.45) is 0 Å². The summed E-state index contributed by atoms with van der Waals surface area (Å²) in [7, 11) is 0. The van der Waals surface area contributed by atoms with Gasteiger partial charge in [-0.05, 0) is 84.1 Å². The van der Waals surface area contributed by atoms with Crippen LogP contribution in [-0.2, 0) is 16.1 Å². The maximum absolute atomic E-state index is 14.0. The van der Waals surface area contributed by atoms with Gasteiger partial charge in [0.25, 0.3) is 5.91 Å². The molecule has 0 spiro atoms. The molecule has 6 rings (SSSR count). The molecule has 1 aliphatic rings. The monoisotopic (exact) mass is 640 g/mol. The van der Waals surface area contributed by atoms with Crippen LogP contribution in [0, 0.1) is 0 Å². The number of fused-ring (bicyclic) bond motifs is 3. The van der Waals surface area contributed by atoms with Crippen molar-refractivity contribution in [3.63, 3.8) is 0 Å². The Kier molecular flexibility index (Phi) is 10.7. The van der Waals surface area contributed by atoms with Crippen LogP contribution >= 0.6 is 0 Å². The van der Waals surface area contributed by atoms with E-state index in [0.29, 0.717) is 29.4 Å². The Hall–Kier alpha value is -4.57. The molecule has 1 N–H and O–H groups in total. The first kappa shape index (κ1) is 33.8. The minimum atomic E-state index is -1.38. The fraction of sp³-hybridized carbons (Fsp3) is 0.216. The zero-order valence-corrected chi connectivity index (χ0v) is 28.5. The van der Waals surface area contributed by atoms with Crippen molar-refractivity contribution in [1.29, 1.82) is 0 Å². The second-order valence-electron chi connectivity index (χ2n) is 11.4. The van der Waals surface area contributed by atoms with Gasteiger partial charge in [-0.1, -0.05) is 60.7 Å². The van der Waals surface area contributed by atoms with E-state index in [9.17, 15) is 19.8 Å². The first-order chi connectivity index (χ1) is 22.3. The minimum Gasteiger partial charge on any atom is -0.550 e. The summed E-state index contributed by atoms with van der Waals surface area (Å²) in [6.07, 6.45) is 3.67. The average molecular weight is 641 g/mol. The van der Waals surface area contributed by atoms with E-state index in [4.69, 9.17) is 13.9 Å². The molecule has 0 radical (unpaired) electrons. The summed E-state index contributed by atoms with van der Waals surface area (Å²) in [4.78, 5) is 31.4. The van der Waals surface area contributed by atoms with Gasteiger partial charge in [0.1, 0.15) is 5.52 Å². The molecule has 1 aromatic heterocycles. The van der Waals surface area contributed by atoms with Crippen molar-refractivity contribution in [3.05, 3.63) is 119 Å². The number of aromatic nitrogens is 1. The molecule has 9 nitrogen and oxygen atoms in total. The third kappa shape index (κ3) is 7.71. The van der Waals surface area contributed by atoms with Crippen LogP contribution in [0.3, 0.4) is 0 Å². The third-order valence-electron chi connectivity index (χ3n) is 8.30. The number of carbonyl (C=O) groups excluding carboxylic acids is 2. The van der Waals surface area contributed by atoms with Gasteiger partial charge in [0.15, 0.2) is 22.8 Å². The number of allylic oxidation sites excluding steroid dienone is 1. The number of hydrogen-bond donors (Lipinski definition) is 1. The molecule has 1 amide bonds. The van der Waals surface area contributed by atoms with E-state index < -0.39 is 30.1 Å². The van der Waals surface area contributed by atoms with Crippen LogP contribution in [0.5, 0.6) is 11.5 Å². The van der Waals surface area contributed by atoms with Crippen LogP contribution in [-0.4, -0.2) is 39.7 Å². The van der Waals surface area contributed by atoms with Crippen molar-refractivity contribution < 1.29 is 63.3 Å². The van der Waals surface area contributed by atoms with Gasteiger partial charge in [0, 0.05) is 30.9 Å². The molecule has 1 unspecified atom stereocenters. The second kappa shape index (κ2) is 14.9. The quantitative estimate of drug-likeness (QED) is 0.133. The summed E-state index contributed by atoms with van der Waals surface area (Å²) in [5.74, 6) is -1.24. The molecule has 234 valence electrons. The number of aliphatic hydroxyl groups is 1. The summed E-state index contributed by atoms with van der Waals surface area (Å²) in [5, 5.41) is 24.4. The summed E-state index contributed by atoms with van der Waals surface area (Å²) in [6.45, 7) is 3.63. The predicted molar refractivity (Wildman–Crippen MR) is 172 cm³/mol. The maximum atomic E-state index is 14.0. The smallest absolute Gasteiger partial charge is 0.550 e. The molecule has 0 fully saturated rings. The van der Waals surface area contributed by atoms with Crippen molar-refractivity contribution >= 4 is 39.8 Å². The normalized spacial score (nSPS) is 14.1. The van der Waals surface area contributed by atoms with Crippen LogP contribution in [0.15, 0.2) is 107 Å². The van der Waals surface area contributed by atoms with Gasteiger partial charge < -0.3 is 33.8 Å². The summed E-state index contributed by atoms with van der Waals surface area (Å²) in [5.41, 5.74) is 3.21. The number of ether oxygens (including phenoxy) is 2. The molecule has 1 aliphatic heterocycles. The Morgan fingerprint density at radius 1 is 0.979 bits per heavy atom. The Bertz CT molecular complexity index is 1950. The molecule has 0 saturated heterocycles. The largest absolute Gasteiger partial charge is 1.00 e. The summed E-state index contributed by atoms with van der Waals surface area (Å²) < 4.78 is 17.1. The van der Waals surface area contributed by atoms with E-state index in [2.05, 4.69) is 4.98 Å². The zero-order chi connectivity index (χ0) is 32.2. The van der Waals surface area contributed by atoms with Gasteiger partial charge in [0.05, 0.1) is 0 Å². The average Bonchev–Trinajstić information content (AvgIpc) is 3.70. The van der Waals surface area contributed by atoms with Gasteiger partial charge in [-0.3, -0.25) is 4.79 Å². The maximum Gasteiger partial charge on any atom is 1.00 e. The molecule has 0 aliphatic carbocycles. The van der Waals surface area contributed by atoms with Crippen LogP contribution in [0.25, 0.3) is 27.9 Å². The van der Waals surface area contributed by atoms with Crippen LogP contribution in [0.1, 0.15) is 49.6 Å². The number of carboxylic acids is 1. The number of hydrogen-bond acceptors (Lipinski definition) is 8. The Labute approximate surface area is 294 Å². The molecule has 0 bridgehead atoms. The van der Waals surface area contributed by atoms with Crippen molar-refractivity contribution in [3.8, 4) is 11.5 Å². The predicted octanol–water partition coefficient (Wildman–Crippen LogP) is 3.29. The first-order valence-corrected chi connectivity index (χ1v) is 15.1. The van der Waals surface area contributed by atoms with E-state index in [0.717, 1.165) is 27.4 Å². The van der Waals surface area contributed by atoms with Crippen LogP contribution in [0.4, 0.5) is 0 Å². The van der Waals surface area contributed by atoms with Crippen molar-refractivity contribution in [2.45, 2.75) is 45.2 Å². The number of amides is 1. The number of oxazole rings is 1. The fourth-order valence-electron chi connectivity index (χ4n) is 5.80. The van der Waals surface area contributed by atoms with E-state index in [1.807, 2.05) is 104 Å². The zero-order valence-electron chi connectivity index (χ0n) is 26.5. The number of rotatable bonds is 11.